The monoisotopic (exact) mass is 628 g/mol. The van der Waals surface area contributed by atoms with E-state index in [4.69, 9.17) is 23.7 Å². The van der Waals surface area contributed by atoms with Gasteiger partial charge in [0.2, 0.25) is 0 Å². The summed E-state index contributed by atoms with van der Waals surface area (Å²) in [4.78, 5) is 2.22. The first-order valence-electron chi connectivity index (χ1n) is 12.7. The Morgan fingerprint density at radius 1 is 0.512 bits per heavy atom. The van der Waals surface area contributed by atoms with Crippen LogP contribution in [0.2, 0.25) is 0 Å². The summed E-state index contributed by atoms with van der Waals surface area (Å²) in [6.45, 7) is 0. The number of methoxy groups -OCH3 is 5. The predicted octanol–water partition coefficient (Wildman–Crippen LogP) is 10.1. The molecule has 13 heteroatoms. The van der Waals surface area contributed by atoms with Crippen LogP contribution in [0.5, 0.6) is 28.7 Å². The summed E-state index contributed by atoms with van der Waals surface area (Å²) >= 11 is 0. The van der Waals surface area contributed by atoms with E-state index in [0.717, 1.165) is 62.5 Å². The number of halogens is 6. The number of nitrogens with zero attached hydrogens (tertiary/aromatic N) is 1. The Balaban J connectivity index is 0.000000541. The quantitative estimate of drug-likeness (QED) is 0.132. The SMILES string of the molecule is COc1cccc(N2c3cccc(OC)c3C(c3c(OC)cccc3OC)c3c(OC)cccc32)c1.F[P-](F)(F)(F)(F)F. The van der Waals surface area contributed by atoms with Gasteiger partial charge in [-0.25, -0.2) is 0 Å². The molecule has 0 unspecified atom stereocenters. The van der Waals surface area contributed by atoms with Crippen molar-refractivity contribution in [2.24, 2.45) is 0 Å². The van der Waals surface area contributed by atoms with Crippen molar-refractivity contribution in [3.8, 4) is 28.7 Å². The van der Waals surface area contributed by atoms with Gasteiger partial charge in [0.25, 0.3) is 0 Å². The second kappa shape index (κ2) is 11.1. The van der Waals surface area contributed by atoms with Crippen LogP contribution in [0, 0.1) is 0 Å². The van der Waals surface area contributed by atoms with Gasteiger partial charge in [0, 0.05) is 28.4 Å². The van der Waals surface area contributed by atoms with Crippen LogP contribution >= 0.6 is 7.81 Å². The topological polar surface area (TPSA) is 49.4 Å². The van der Waals surface area contributed by atoms with Crippen LogP contribution in [0.25, 0.3) is 0 Å². The summed E-state index contributed by atoms with van der Waals surface area (Å²) in [5.41, 5.74) is 5.82. The fourth-order valence-electron chi connectivity index (χ4n) is 5.15. The minimum atomic E-state index is -10.7. The third-order valence-electron chi connectivity index (χ3n) is 6.65. The van der Waals surface area contributed by atoms with Gasteiger partial charge in [0.15, 0.2) is 0 Å². The number of ether oxygens (including phenoxy) is 5. The Bertz CT molecular complexity index is 1540. The minimum absolute atomic E-state index is 0.282. The molecule has 0 radical (unpaired) electrons. The van der Waals surface area contributed by atoms with E-state index in [-0.39, 0.29) is 5.92 Å². The maximum absolute atomic E-state index is 10.7. The molecule has 232 valence electrons. The normalized spacial score (nSPS) is 14.2. The molecule has 5 rings (SSSR count). The van der Waals surface area contributed by atoms with Crippen LogP contribution in [0.1, 0.15) is 22.6 Å². The molecule has 0 aliphatic carbocycles. The van der Waals surface area contributed by atoms with Crippen LogP contribution in [-0.4, -0.2) is 35.5 Å². The van der Waals surface area contributed by atoms with Gasteiger partial charge in [0.1, 0.15) is 28.7 Å². The van der Waals surface area contributed by atoms with Crippen LogP contribution in [0.15, 0.2) is 78.9 Å². The number of fused-ring (bicyclic) bond motifs is 2. The zero-order valence-electron chi connectivity index (χ0n) is 23.8. The Hall–Kier alpha value is -4.31. The number of anilines is 3. The first-order valence-corrected chi connectivity index (χ1v) is 14.7. The van der Waals surface area contributed by atoms with Gasteiger partial charge in [-0.3, -0.25) is 0 Å². The Labute approximate surface area is 244 Å². The summed E-state index contributed by atoms with van der Waals surface area (Å²) in [5, 5.41) is 0. The molecule has 0 atom stereocenters. The van der Waals surface area contributed by atoms with Crippen molar-refractivity contribution in [1.29, 1.82) is 0 Å². The molecule has 4 aromatic carbocycles. The van der Waals surface area contributed by atoms with Crippen molar-refractivity contribution >= 4 is 24.9 Å². The summed E-state index contributed by atoms with van der Waals surface area (Å²) in [6, 6.07) is 26.1. The van der Waals surface area contributed by atoms with E-state index < -0.39 is 7.81 Å². The third kappa shape index (κ3) is 7.19. The molecule has 0 amide bonds. The standard InChI is InChI=1S/C30H29NO5.F6P/c1-32-20-11-6-10-19(18-20)31-21-12-7-14-23(33-2)27(21)30(28-22(31)13-8-15-24(28)34-3)29-25(35-4)16-9-17-26(29)36-5;1-7(2,3,4,5)6/h6-18,30H,1-5H3;/q;-1. The third-order valence-corrected chi connectivity index (χ3v) is 6.65. The predicted molar refractivity (Wildman–Crippen MR) is 155 cm³/mol. The van der Waals surface area contributed by atoms with E-state index in [1.165, 1.54) is 0 Å². The molecule has 0 fully saturated rings. The van der Waals surface area contributed by atoms with E-state index in [1.807, 2.05) is 60.7 Å². The first kappa shape index (κ1) is 31.6. The molecule has 0 aromatic heterocycles. The second-order valence-electron chi connectivity index (χ2n) is 9.29. The van der Waals surface area contributed by atoms with E-state index in [2.05, 4.69) is 23.1 Å². The number of hydrogen-bond donors (Lipinski definition) is 0. The number of benzene rings is 4. The molecule has 0 saturated heterocycles. The van der Waals surface area contributed by atoms with Crippen LogP contribution in [0.4, 0.5) is 42.2 Å². The number of rotatable bonds is 7. The van der Waals surface area contributed by atoms with Gasteiger partial charge in [0.05, 0.1) is 52.8 Å². The fraction of sp³-hybridized carbons (Fsp3) is 0.200. The average molecular weight is 629 g/mol. The molecule has 43 heavy (non-hydrogen) atoms. The molecule has 1 aliphatic heterocycles. The van der Waals surface area contributed by atoms with E-state index >= 15 is 0 Å². The Kier molecular flexibility index (Phi) is 8.14. The molecule has 6 nitrogen and oxygen atoms in total. The molecular formula is C30H29F6NO5P-. The summed E-state index contributed by atoms with van der Waals surface area (Å²) in [6.07, 6.45) is 0. The molecule has 0 N–H and O–H groups in total. The fourth-order valence-corrected chi connectivity index (χ4v) is 5.15. The van der Waals surface area contributed by atoms with Crippen molar-refractivity contribution in [3.05, 3.63) is 95.6 Å². The van der Waals surface area contributed by atoms with Gasteiger partial charge >= 0.3 is 33.0 Å². The maximum atomic E-state index is 9.87. The second-order valence-corrected chi connectivity index (χ2v) is 11.2. The van der Waals surface area contributed by atoms with Crippen LogP contribution < -0.4 is 28.6 Å². The first-order chi connectivity index (χ1) is 20.1. The Morgan fingerprint density at radius 2 is 0.884 bits per heavy atom. The molecule has 1 aliphatic rings. The zero-order valence-corrected chi connectivity index (χ0v) is 24.7. The molecule has 0 saturated carbocycles. The van der Waals surface area contributed by atoms with Gasteiger partial charge in [-0.2, -0.15) is 0 Å². The van der Waals surface area contributed by atoms with Crippen molar-refractivity contribution in [2.45, 2.75) is 5.92 Å². The van der Waals surface area contributed by atoms with Gasteiger partial charge in [-0.05, 0) is 48.5 Å². The zero-order chi connectivity index (χ0) is 31.6. The van der Waals surface area contributed by atoms with Gasteiger partial charge in [-0.1, -0.05) is 24.3 Å². The molecular weight excluding hydrogens is 599 g/mol. The summed E-state index contributed by atoms with van der Waals surface area (Å²) in [7, 11) is -2.24. The van der Waals surface area contributed by atoms with E-state index in [9.17, 15) is 25.2 Å². The summed E-state index contributed by atoms with van der Waals surface area (Å²) in [5.74, 6) is 3.46. The van der Waals surface area contributed by atoms with Crippen LogP contribution in [0.3, 0.4) is 0 Å². The summed E-state index contributed by atoms with van der Waals surface area (Å²) < 4.78 is 88.4. The van der Waals surface area contributed by atoms with Gasteiger partial charge in [-0.15, -0.1) is 0 Å². The molecule has 0 spiro atoms. The number of hydrogen-bond acceptors (Lipinski definition) is 6. The van der Waals surface area contributed by atoms with Crippen molar-refractivity contribution < 1.29 is 48.9 Å². The van der Waals surface area contributed by atoms with Gasteiger partial charge < -0.3 is 28.6 Å². The van der Waals surface area contributed by atoms with E-state index in [0.29, 0.717) is 0 Å². The van der Waals surface area contributed by atoms with Crippen molar-refractivity contribution in [1.82, 2.24) is 0 Å². The molecule has 4 aromatic rings. The molecule has 0 bridgehead atoms. The Morgan fingerprint density at radius 3 is 1.28 bits per heavy atom. The van der Waals surface area contributed by atoms with Crippen LogP contribution in [-0.2, 0) is 0 Å². The van der Waals surface area contributed by atoms with Crippen molar-refractivity contribution in [2.75, 3.05) is 40.4 Å². The molecule has 1 heterocycles. The average Bonchev–Trinajstić information content (AvgIpc) is 2.97. The van der Waals surface area contributed by atoms with Crippen molar-refractivity contribution in [3.63, 3.8) is 0 Å². The van der Waals surface area contributed by atoms with E-state index in [1.54, 1.807) is 35.5 Å².